The average molecular weight is 892 g/mol. The molecule has 0 unspecified atom stereocenters. The third kappa shape index (κ3) is 7.22. The lowest BCUT2D eigenvalue weighted by Gasteiger charge is -2.30. The number of para-hydroxylation sites is 2. The summed E-state index contributed by atoms with van der Waals surface area (Å²) in [6.45, 7) is 0. The summed E-state index contributed by atoms with van der Waals surface area (Å²) in [4.78, 5) is 2.46. The lowest BCUT2D eigenvalue weighted by atomic mass is 9.90. The first kappa shape index (κ1) is 41.0. The summed E-state index contributed by atoms with van der Waals surface area (Å²) >= 11 is 0. The van der Waals surface area contributed by atoms with Crippen LogP contribution in [0.15, 0.2) is 273 Å². The molecule has 328 valence electrons. The molecular weight excluding hydrogens is 847 g/mol. The van der Waals surface area contributed by atoms with Crippen molar-refractivity contribution in [2.24, 2.45) is 0 Å². The van der Waals surface area contributed by atoms with Crippen LogP contribution in [0.2, 0.25) is 0 Å². The third-order valence-corrected chi connectivity index (χ3v) is 13.9. The highest BCUT2D eigenvalue weighted by atomic mass is 16.5. The second-order valence-electron chi connectivity index (χ2n) is 18.0. The van der Waals surface area contributed by atoms with Crippen molar-refractivity contribution in [2.75, 3.05) is 4.90 Å². The molecule has 0 saturated carbocycles. The lowest BCUT2D eigenvalue weighted by Crippen LogP contribution is -2.12. The maximum Gasteiger partial charge on any atom is 0.135 e. The SMILES string of the molecule is c1ccc(-c2ccc(-c3ccc(N(c4ccccc4-c4ccc5c(c4)-c4cccc6cccc(c46)O5)c4ccccc4-c4cccc5cccc(-c6ccccc6)c45)cc3)cc2-c2ccccc2)cc1. The van der Waals surface area contributed by atoms with Gasteiger partial charge < -0.3 is 9.64 Å². The number of hydrogen-bond acceptors (Lipinski definition) is 2. The van der Waals surface area contributed by atoms with Crippen LogP contribution in [0.3, 0.4) is 0 Å². The van der Waals surface area contributed by atoms with E-state index in [1.807, 2.05) is 0 Å². The molecule has 0 saturated heterocycles. The molecule has 0 fully saturated rings. The van der Waals surface area contributed by atoms with Crippen LogP contribution < -0.4 is 9.64 Å². The summed E-state index contributed by atoms with van der Waals surface area (Å²) in [6, 6.07) is 98.7. The highest BCUT2D eigenvalue weighted by Gasteiger charge is 2.25. The van der Waals surface area contributed by atoms with Crippen LogP contribution in [0.5, 0.6) is 11.5 Å². The number of benzene rings is 12. The van der Waals surface area contributed by atoms with Crippen LogP contribution in [0, 0.1) is 0 Å². The quantitative estimate of drug-likeness (QED) is 0.143. The standard InChI is InChI=1S/C68H45NO/c1-4-18-47(19-5-1)55-42-38-52(44-61(55)49-22-8-3-9-23-49)46-36-40-54(41-37-46)69(64-34-13-11-29-58(64)59-31-15-25-50-24-14-30-57(67(50)59)48-20-6-2-7-21-48)63-33-12-10-28-56(63)53-39-43-65-62(45-53)60-32-16-26-51-27-17-35-66(70-65)68(51)60/h1-45H. The van der Waals surface area contributed by atoms with Crippen LogP contribution >= 0.6 is 0 Å². The zero-order chi connectivity index (χ0) is 46.4. The Morgan fingerprint density at radius 3 is 1.37 bits per heavy atom. The molecule has 0 atom stereocenters. The zero-order valence-electron chi connectivity index (χ0n) is 38.3. The van der Waals surface area contributed by atoms with Crippen LogP contribution in [0.1, 0.15) is 0 Å². The van der Waals surface area contributed by atoms with Gasteiger partial charge in [-0.1, -0.05) is 224 Å². The molecule has 0 bridgehead atoms. The van der Waals surface area contributed by atoms with E-state index in [9.17, 15) is 0 Å². The predicted molar refractivity (Wildman–Crippen MR) is 294 cm³/mol. The molecule has 70 heavy (non-hydrogen) atoms. The predicted octanol–water partition coefficient (Wildman–Crippen LogP) is 19.2. The molecule has 0 N–H and O–H groups in total. The summed E-state index contributed by atoms with van der Waals surface area (Å²) in [5.41, 5.74) is 19.5. The van der Waals surface area contributed by atoms with Crippen molar-refractivity contribution >= 4 is 38.6 Å². The Morgan fingerprint density at radius 1 is 0.229 bits per heavy atom. The third-order valence-electron chi connectivity index (χ3n) is 13.9. The number of fused-ring (bicyclic) bond motifs is 3. The van der Waals surface area contributed by atoms with Gasteiger partial charge in [-0.3, -0.25) is 0 Å². The molecule has 2 heteroatoms. The molecule has 0 aromatic heterocycles. The van der Waals surface area contributed by atoms with Crippen LogP contribution in [-0.4, -0.2) is 0 Å². The van der Waals surface area contributed by atoms with E-state index in [4.69, 9.17) is 4.74 Å². The number of anilines is 3. The first-order chi connectivity index (χ1) is 34.7. The van der Waals surface area contributed by atoms with Gasteiger partial charge in [0.25, 0.3) is 0 Å². The van der Waals surface area contributed by atoms with Crippen molar-refractivity contribution in [3.05, 3.63) is 273 Å². The number of hydrogen-bond donors (Lipinski definition) is 0. The first-order valence-corrected chi connectivity index (χ1v) is 24.0. The molecule has 1 aliphatic rings. The highest BCUT2D eigenvalue weighted by molar-refractivity contribution is 6.10. The Hall–Kier alpha value is -9.24. The molecular formula is C68H45NO. The number of ether oxygens (including phenoxy) is 1. The Kier molecular flexibility index (Phi) is 10.2. The molecule has 12 aromatic rings. The van der Waals surface area contributed by atoms with E-state index in [1.165, 1.54) is 60.7 Å². The van der Waals surface area contributed by atoms with Gasteiger partial charge >= 0.3 is 0 Å². The molecule has 0 amide bonds. The number of nitrogens with zero attached hydrogens (tertiary/aromatic N) is 1. The van der Waals surface area contributed by atoms with E-state index < -0.39 is 0 Å². The summed E-state index contributed by atoms with van der Waals surface area (Å²) in [6.07, 6.45) is 0. The van der Waals surface area contributed by atoms with Gasteiger partial charge in [-0.2, -0.15) is 0 Å². The Labute approximate surface area is 408 Å². The van der Waals surface area contributed by atoms with E-state index in [1.54, 1.807) is 0 Å². The van der Waals surface area contributed by atoms with Gasteiger partial charge in [-0.15, -0.1) is 0 Å². The van der Waals surface area contributed by atoms with Crippen molar-refractivity contribution in [2.45, 2.75) is 0 Å². The summed E-state index contributed by atoms with van der Waals surface area (Å²) < 4.78 is 6.60. The largest absolute Gasteiger partial charge is 0.456 e. The summed E-state index contributed by atoms with van der Waals surface area (Å²) in [5, 5.41) is 4.75. The van der Waals surface area contributed by atoms with Crippen molar-refractivity contribution < 1.29 is 4.74 Å². The summed E-state index contributed by atoms with van der Waals surface area (Å²) in [7, 11) is 0. The van der Waals surface area contributed by atoms with Gasteiger partial charge in [0.15, 0.2) is 0 Å². The average Bonchev–Trinajstić information content (AvgIpc) is 3.44. The van der Waals surface area contributed by atoms with Crippen molar-refractivity contribution in [3.8, 4) is 89.4 Å². The van der Waals surface area contributed by atoms with Gasteiger partial charge in [-0.25, -0.2) is 0 Å². The molecule has 2 nitrogen and oxygen atoms in total. The van der Waals surface area contributed by atoms with Gasteiger partial charge in [-0.05, 0) is 126 Å². The normalized spacial score (nSPS) is 11.5. The maximum atomic E-state index is 6.60. The van der Waals surface area contributed by atoms with Crippen LogP contribution in [0.25, 0.3) is 99.4 Å². The minimum Gasteiger partial charge on any atom is -0.456 e. The Morgan fingerprint density at radius 2 is 0.700 bits per heavy atom. The topological polar surface area (TPSA) is 12.5 Å². The monoisotopic (exact) mass is 891 g/mol. The van der Waals surface area contributed by atoms with Gasteiger partial charge in [0.05, 0.1) is 11.4 Å². The van der Waals surface area contributed by atoms with Gasteiger partial charge in [0.2, 0.25) is 0 Å². The van der Waals surface area contributed by atoms with Crippen molar-refractivity contribution in [1.82, 2.24) is 0 Å². The smallest absolute Gasteiger partial charge is 0.135 e. The molecule has 0 spiro atoms. The van der Waals surface area contributed by atoms with Crippen molar-refractivity contribution in [1.29, 1.82) is 0 Å². The molecule has 12 aromatic carbocycles. The molecule has 1 aliphatic heterocycles. The van der Waals surface area contributed by atoms with Gasteiger partial charge in [0.1, 0.15) is 11.5 Å². The second kappa shape index (κ2) is 17.4. The number of rotatable bonds is 9. The summed E-state index contributed by atoms with van der Waals surface area (Å²) in [5.74, 6) is 1.76. The second-order valence-corrected chi connectivity index (χ2v) is 18.0. The minimum atomic E-state index is 0.864. The van der Waals surface area contributed by atoms with E-state index in [-0.39, 0.29) is 0 Å². The first-order valence-electron chi connectivity index (χ1n) is 24.0. The minimum absolute atomic E-state index is 0.864. The lowest BCUT2D eigenvalue weighted by molar-refractivity contribution is 0.487. The van der Waals surface area contributed by atoms with Gasteiger partial charge in [0, 0.05) is 27.8 Å². The fraction of sp³-hybridized carbons (Fsp3) is 0. The zero-order valence-corrected chi connectivity index (χ0v) is 38.3. The van der Waals surface area contributed by atoms with Crippen LogP contribution in [0.4, 0.5) is 17.1 Å². The Balaban J connectivity index is 0.996. The maximum absolute atomic E-state index is 6.60. The molecule has 13 rings (SSSR count). The van der Waals surface area contributed by atoms with E-state index in [0.29, 0.717) is 0 Å². The molecule has 0 radical (unpaired) electrons. The molecule has 0 aliphatic carbocycles. The molecule has 1 heterocycles. The van der Waals surface area contributed by atoms with Crippen LogP contribution in [-0.2, 0) is 0 Å². The van der Waals surface area contributed by atoms with E-state index >= 15 is 0 Å². The Bertz CT molecular complexity index is 3890. The fourth-order valence-electron chi connectivity index (χ4n) is 10.6. The fourth-order valence-corrected chi connectivity index (χ4v) is 10.6. The van der Waals surface area contributed by atoms with E-state index in [0.717, 1.165) is 67.3 Å². The highest BCUT2D eigenvalue weighted by Crippen LogP contribution is 2.51. The van der Waals surface area contributed by atoms with E-state index in [2.05, 4.69) is 278 Å². The van der Waals surface area contributed by atoms with Crippen molar-refractivity contribution in [3.63, 3.8) is 0 Å².